The van der Waals surface area contributed by atoms with Crippen LogP contribution >= 0.6 is 0 Å². The number of aromatic amines is 1. The number of carbonyl (C=O) groups is 2. The molecule has 1 aliphatic rings. The first-order valence-electron chi connectivity index (χ1n) is 9.41. The van der Waals surface area contributed by atoms with E-state index in [-0.39, 0.29) is 17.9 Å². The maximum atomic E-state index is 12.4. The van der Waals surface area contributed by atoms with Gasteiger partial charge < -0.3 is 15.4 Å². The van der Waals surface area contributed by atoms with Crippen LogP contribution < -0.4 is 10.9 Å². The van der Waals surface area contributed by atoms with Crippen LogP contribution in [0.2, 0.25) is 0 Å². The normalized spacial score (nSPS) is 22.5. The highest BCUT2D eigenvalue weighted by molar-refractivity contribution is 5.79. The Morgan fingerprint density at radius 3 is 2.89 bits per heavy atom. The number of nitrogens with one attached hydrogen (secondary N) is 2. The summed E-state index contributed by atoms with van der Waals surface area (Å²) in [6.45, 7) is 1.82. The average Bonchev–Trinajstić information content (AvgIpc) is 2.61. The molecule has 1 saturated carbocycles. The zero-order chi connectivity index (χ0) is 19.4. The van der Waals surface area contributed by atoms with Crippen molar-refractivity contribution in [1.29, 1.82) is 0 Å². The van der Waals surface area contributed by atoms with Crippen molar-refractivity contribution < 1.29 is 14.7 Å². The second kappa shape index (κ2) is 7.90. The van der Waals surface area contributed by atoms with Crippen LogP contribution in [-0.4, -0.2) is 32.5 Å². The van der Waals surface area contributed by atoms with E-state index in [1.165, 1.54) is 0 Å². The molecule has 7 nitrogen and oxygen atoms in total. The molecule has 1 aromatic heterocycles. The second-order valence-electron chi connectivity index (χ2n) is 7.49. The van der Waals surface area contributed by atoms with Gasteiger partial charge in [0.1, 0.15) is 5.82 Å². The average molecular weight is 371 g/mol. The fourth-order valence-corrected chi connectivity index (χ4v) is 3.93. The van der Waals surface area contributed by atoms with Gasteiger partial charge in [0.05, 0.1) is 22.4 Å². The SMILES string of the molecule is CC1(NC(=O)CCCc2nc3ccccc3c(=O)[nH]2)CCCCC1C(=O)O. The summed E-state index contributed by atoms with van der Waals surface area (Å²) in [5.74, 6) is -1.00. The van der Waals surface area contributed by atoms with E-state index in [4.69, 9.17) is 0 Å². The largest absolute Gasteiger partial charge is 0.481 e. The predicted octanol–water partition coefficient (Wildman–Crippen LogP) is 2.40. The highest BCUT2D eigenvalue weighted by Crippen LogP contribution is 2.34. The lowest BCUT2D eigenvalue weighted by atomic mass is 9.74. The number of aliphatic carboxylic acids is 1. The predicted molar refractivity (Wildman–Crippen MR) is 101 cm³/mol. The Labute approximate surface area is 157 Å². The third kappa shape index (κ3) is 4.35. The van der Waals surface area contributed by atoms with Gasteiger partial charge in [0, 0.05) is 12.8 Å². The highest BCUT2D eigenvalue weighted by Gasteiger charge is 2.41. The molecule has 0 radical (unpaired) electrons. The number of fused-ring (bicyclic) bond motifs is 1. The number of carbonyl (C=O) groups excluding carboxylic acids is 1. The fourth-order valence-electron chi connectivity index (χ4n) is 3.93. The van der Waals surface area contributed by atoms with Crippen molar-refractivity contribution in [2.45, 2.75) is 57.4 Å². The quantitative estimate of drug-likeness (QED) is 0.722. The first-order valence-corrected chi connectivity index (χ1v) is 9.41. The minimum Gasteiger partial charge on any atom is -0.481 e. The molecule has 1 aliphatic carbocycles. The van der Waals surface area contributed by atoms with Gasteiger partial charge in [-0.3, -0.25) is 14.4 Å². The highest BCUT2D eigenvalue weighted by atomic mass is 16.4. The molecule has 7 heteroatoms. The summed E-state index contributed by atoms with van der Waals surface area (Å²) in [5.41, 5.74) is -0.241. The van der Waals surface area contributed by atoms with Crippen molar-refractivity contribution in [3.05, 3.63) is 40.4 Å². The molecule has 1 heterocycles. The smallest absolute Gasteiger partial charge is 0.308 e. The summed E-state index contributed by atoms with van der Waals surface area (Å²) >= 11 is 0. The van der Waals surface area contributed by atoms with E-state index in [0.29, 0.717) is 42.4 Å². The Morgan fingerprint density at radius 2 is 2.11 bits per heavy atom. The Morgan fingerprint density at radius 1 is 1.33 bits per heavy atom. The lowest BCUT2D eigenvalue weighted by molar-refractivity contribution is -0.146. The maximum Gasteiger partial charge on any atom is 0.308 e. The first kappa shape index (κ1) is 19.1. The molecule has 27 heavy (non-hydrogen) atoms. The number of hydrogen-bond donors (Lipinski definition) is 3. The van der Waals surface area contributed by atoms with Crippen LogP contribution in [0.1, 0.15) is 51.3 Å². The van der Waals surface area contributed by atoms with Crippen LogP contribution in [-0.2, 0) is 16.0 Å². The van der Waals surface area contributed by atoms with Gasteiger partial charge in [-0.1, -0.05) is 25.0 Å². The molecule has 1 aromatic carbocycles. The summed E-state index contributed by atoms with van der Waals surface area (Å²) < 4.78 is 0. The number of H-pyrrole nitrogens is 1. The van der Waals surface area contributed by atoms with Crippen molar-refractivity contribution >= 4 is 22.8 Å². The third-order valence-corrected chi connectivity index (χ3v) is 5.41. The van der Waals surface area contributed by atoms with Gasteiger partial charge in [-0.15, -0.1) is 0 Å². The number of rotatable bonds is 6. The monoisotopic (exact) mass is 371 g/mol. The van der Waals surface area contributed by atoms with Crippen molar-refractivity contribution in [3.63, 3.8) is 0 Å². The van der Waals surface area contributed by atoms with Crippen LogP contribution in [0.15, 0.2) is 29.1 Å². The molecule has 144 valence electrons. The summed E-state index contributed by atoms with van der Waals surface area (Å²) in [7, 11) is 0. The number of aryl methyl sites for hydroxylation is 1. The molecule has 0 saturated heterocycles. The van der Waals surface area contributed by atoms with E-state index in [9.17, 15) is 19.5 Å². The van der Waals surface area contributed by atoms with Gasteiger partial charge in [-0.05, 0) is 38.3 Å². The molecule has 2 atom stereocenters. The van der Waals surface area contributed by atoms with E-state index in [1.54, 1.807) is 18.2 Å². The topological polar surface area (TPSA) is 112 Å². The Kier molecular flexibility index (Phi) is 5.58. The zero-order valence-corrected chi connectivity index (χ0v) is 15.5. The second-order valence-corrected chi connectivity index (χ2v) is 7.49. The Hall–Kier alpha value is -2.70. The first-order chi connectivity index (χ1) is 12.9. The van der Waals surface area contributed by atoms with Gasteiger partial charge in [-0.25, -0.2) is 4.98 Å². The van der Waals surface area contributed by atoms with E-state index in [0.717, 1.165) is 12.8 Å². The molecule has 1 amide bonds. The minimum atomic E-state index is -0.851. The molecule has 3 N–H and O–H groups in total. The number of aromatic nitrogens is 2. The number of benzene rings is 1. The van der Waals surface area contributed by atoms with Gasteiger partial charge >= 0.3 is 5.97 Å². The number of para-hydroxylation sites is 1. The van der Waals surface area contributed by atoms with Gasteiger partial charge in [0.25, 0.3) is 5.56 Å². The molecular weight excluding hydrogens is 346 g/mol. The lowest BCUT2D eigenvalue weighted by Crippen LogP contribution is -2.55. The Bertz CT molecular complexity index is 907. The van der Waals surface area contributed by atoms with E-state index < -0.39 is 17.4 Å². The van der Waals surface area contributed by atoms with Crippen molar-refractivity contribution in [2.75, 3.05) is 0 Å². The van der Waals surface area contributed by atoms with E-state index in [2.05, 4.69) is 15.3 Å². The summed E-state index contributed by atoms with van der Waals surface area (Å²) in [5, 5.41) is 12.9. The van der Waals surface area contributed by atoms with Crippen molar-refractivity contribution in [2.24, 2.45) is 5.92 Å². The molecule has 2 unspecified atom stereocenters. The molecule has 3 rings (SSSR count). The number of carboxylic acid groups (broad SMARTS) is 1. The van der Waals surface area contributed by atoms with Crippen LogP contribution in [0, 0.1) is 5.92 Å². The van der Waals surface area contributed by atoms with E-state index >= 15 is 0 Å². The van der Waals surface area contributed by atoms with Crippen LogP contribution in [0.3, 0.4) is 0 Å². The Balaban J connectivity index is 1.58. The summed E-state index contributed by atoms with van der Waals surface area (Å²) in [4.78, 5) is 43.1. The van der Waals surface area contributed by atoms with Gasteiger partial charge in [-0.2, -0.15) is 0 Å². The van der Waals surface area contributed by atoms with E-state index in [1.807, 2.05) is 13.0 Å². The zero-order valence-electron chi connectivity index (χ0n) is 15.5. The molecule has 1 fully saturated rings. The van der Waals surface area contributed by atoms with Crippen molar-refractivity contribution in [1.82, 2.24) is 15.3 Å². The molecule has 2 aromatic rings. The summed E-state index contributed by atoms with van der Waals surface area (Å²) in [6, 6.07) is 7.13. The minimum absolute atomic E-state index is 0.159. The summed E-state index contributed by atoms with van der Waals surface area (Å²) in [6.07, 6.45) is 4.34. The maximum absolute atomic E-state index is 12.4. The molecule has 0 bridgehead atoms. The number of carboxylic acids is 1. The molecule has 0 aliphatic heterocycles. The fraction of sp³-hybridized carbons (Fsp3) is 0.500. The van der Waals surface area contributed by atoms with Gasteiger partial charge in [0.2, 0.25) is 5.91 Å². The number of amides is 1. The third-order valence-electron chi connectivity index (χ3n) is 5.41. The molecular formula is C20H25N3O4. The molecule has 0 spiro atoms. The number of nitrogens with zero attached hydrogens (tertiary/aromatic N) is 1. The van der Waals surface area contributed by atoms with Crippen LogP contribution in [0.4, 0.5) is 0 Å². The van der Waals surface area contributed by atoms with Gasteiger partial charge in [0.15, 0.2) is 0 Å². The number of hydrogen-bond acceptors (Lipinski definition) is 4. The standard InChI is InChI=1S/C20H25N3O4/c1-20(12-5-4-8-14(20)19(26)27)23-17(24)11-6-10-16-21-15-9-3-2-7-13(15)18(25)22-16/h2-3,7,9,14H,4-6,8,10-12H2,1H3,(H,23,24)(H,26,27)(H,21,22,25). The van der Waals surface area contributed by atoms with Crippen molar-refractivity contribution in [3.8, 4) is 0 Å². The van der Waals surface area contributed by atoms with Crippen LogP contribution in [0.25, 0.3) is 10.9 Å². The van der Waals surface area contributed by atoms with Crippen LogP contribution in [0.5, 0.6) is 0 Å². The lowest BCUT2D eigenvalue weighted by Gasteiger charge is -2.39.